The number of primary amides is 1. The molecule has 3 heterocycles. The maximum atomic E-state index is 14.7. The molecule has 2 aliphatic heterocycles. The highest BCUT2D eigenvalue weighted by Gasteiger charge is 2.49. The van der Waals surface area contributed by atoms with Gasteiger partial charge in [-0.1, -0.05) is 73.7 Å². The van der Waals surface area contributed by atoms with Crippen molar-refractivity contribution in [2.75, 3.05) is 25.1 Å². The Morgan fingerprint density at radius 3 is 2.46 bits per heavy atom. The highest BCUT2D eigenvalue weighted by molar-refractivity contribution is 6.41. The van der Waals surface area contributed by atoms with Crippen molar-refractivity contribution in [2.45, 2.75) is 94.9 Å². The Morgan fingerprint density at radius 2 is 1.75 bits per heavy atom. The smallest absolute Gasteiger partial charge is 0.345 e. The molecule has 0 bridgehead atoms. The molecule has 3 aromatic rings. The van der Waals surface area contributed by atoms with Crippen molar-refractivity contribution >= 4 is 51.7 Å². The minimum atomic E-state index is -1.60. The van der Waals surface area contributed by atoms with E-state index in [0.29, 0.717) is 11.4 Å². The average Bonchev–Trinajstić information content (AvgIpc) is 3.80. The number of hydrogen-bond donors (Lipinski definition) is 4. The summed E-state index contributed by atoms with van der Waals surface area (Å²) >= 11 is 0. The highest BCUT2D eigenvalue weighted by atomic mass is 16.5. The summed E-state index contributed by atoms with van der Waals surface area (Å²) in [5.74, 6) is -3.29. The molecule has 6 rings (SSSR count). The lowest BCUT2D eigenvalue weighted by Crippen LogP contribution is -2.63. The van der Waals surface area contributed by atoms with Crippen molar-refractivity contribution in [3.05, 3.63) is 54.4 Å². The number of carbonyl (C=O) groups is 5. The van der Waals surface area contributed by atoms with E-state index in [9.17, 15) is 29.1 Å². The van der Waals surface area contributed by atoms with Gasteiger partial charge in [-0.3, -0.25) is 19.2 Å². The largest absolute Gasteiger partial charge is 0.384 e. The number of carbonyl (C=O) groups excluding carboxylic acids is 5. The van der Waals surface area contributed by atoms with E-state index < -0.39 is 52.8 Å². The Morgan fingerprint density at radius 1 is 1.04 bits per heavy atom. The number of rotatable bonds is 10. The number of fused-ring (bicyclic) bond motifs is 1. The summed E-state index contributed by atoms with van der Waals surface area (Å²) in [4.78, 5) is 73.6. The Kier molecular flexibility index (Phi) is 10.8. The van der Waals surface area contributed by atoms with Gasteiger partial charge in [0.15, 0.2) is 0 Å². The Hall–Kier alpha value is -5.02. The number of aromatic nitrogens is 3. The maximum absolute atomic E-state index is 14.7. The fraction of sp³-hybridized carbons (Fsp3) is 0.514. The van der Waals surface area contributed by atoms with Crippen molar-refractivity contribution in [1.82, 2.24) is 25.2 Å². The van der Waals surface area contributed by atoms with E-state index in [1.54, 1.807) is 19.9 Å². The third-order valence-electron chi connectivity index (χ3n) is 10.5. The summed E-state index contributed by atoms with van der Waals surface area (Å²) in [5.41, 5.74) is 3.41. The maximum Gasteiger partial charge on any atom is 0.345 e. The molecule has 3 fully saturated rings. The van der Waals surface area contributed by atoms with Crippen molar-refractivity contribution < 1.29 is 33.8 Å². The third-order valence-corrected chi connectivity index (χ3v) is 10.5. The number of ether oxygens (including phenoxy) is 1. The Bertz CT molecular complexity index is 1860. The number of amides is 5. The number of ketones is 1. The van der Waals surface area contributed by atoms with Gasteiger partial charge >= 0.3 is 6.03 Å². The second-order valence-electron chi connectivity index (χ2n) is 14.6. The molecule has 5 N–H and O–H groups in total. The van der Waals surface area contributed by atoms with E-state index in [1.807, 2.05) is 36.4 Å². The van der Waals surface area contributed by atoms with Crippen LogP contribution in [-0.4, -0.2) is 91.6 Å². The van der Waals surface area contributed by atoms with E-state index in [4.69, 9.17) is 10.5 Å². The molecule has 0 radical (unpaired) electrons. The number of nitrogens with zero attached hydrogens (tertiary/aromatic N) is 5. The number of nitrogens with one attached hydrogen (secondary N) is 2. The van der Waals surface area contributed by atoms with Crippen molar-refractivity contribution in [1.29, 1.82) is 0 Å². The number of Topliss-reactive ketones (excluding diaryl/α,β-unsaturated/α-hetero) is 1. The molecule has 1 aliphatic carbocycles. The molecule has 1 aromatic heterocycles. The van der Waals surface area contributed by atoms with Crippen LogP contribution in [0.3, 0.4) is 0 Å². The first-order valence-electron chi connectivity index (χ1n) is 17.9. The Labute approximate surface area is 301 Å². The summed E-state index contributed by atoms with van der Waals surface area (Å²) in [6.07, 6.45) is 6.58. The molecule has 2 atom stereocenters. The molecule has 52 heavy (non-hydrogen) atoms. The zero-order chi connectivity index (χ0) is 37.0. The van der Waals surface area contributed by atoms with Crippen molar-refractivity contribution in [3.8, 4) is 0 Å². The molecule has 0 unspecified atom stereocenters. The topological polar surface area (TPSA) is 211 Å². The van der Waals surface area contributed by atoms with Gasteiger partial charge in [-0.2, -0.15) is 4.99 Å². The SMILES string of the molecule is CC(C)(O)c1cnnn1[C@H]1C[C@@H](C(=O)NC2(C(=O)C(N)=O)CCOCC2)N(C(=O)C(CC2CCCCC2)=NC(=O)Nc2cccc3ccccc23)C1. The van der Waals surface area contributed by atoms with Crippen LogP contribution in [-0.2, 0) is 29.5 Å². The van der Waals surface area contributed by atoms with Gasteiger partial charge in [0.05, 0.1) is 23.6 Å². The number of aliphatic hydroxyl groups is 1. The summed E-state index contributed by atoms with van der Waals surface area (Å²) in [6, 6.07) is 10.6. The van der Waals surface area contributed by atoms with E-state index in [1.165, 1.54) is 15.8 Å². The van der Waals surface area contributed by atoms with E-state index in [-0.39, 0.29) is 57.1 Å². The minimum Gasteiger partial charge on any atom is -0.384 e. The summed E-state index contributed by atoms with van der Waals surface area (Å²) in [5, 5.41) is 26.4. The molecule has 2 aromatic carbocycles. The van der Waals surface area contributed by atoms with Gasteiger partial charge in [0.2, 0.25) is 11.7 Å². The number of nitrogens with two attached hydrogens (primary N) is 1. The van der Waals surface area contributed by atoms with Crippen molar-refractivity contribution in [2.24, 2.45) is 16.6 Å². The number of urea groups is 1. The second kappa shape index (κ2) is 15.3. The molecular formula is C37H46N8O7. The van der Waals surface area contributed by atoms with Gasteiger partial charge in [-0.25, -0.2) is 9.48 Å². The van der Waals surface area contributed by atoms with Gasteiger partial charge < -0.3 is 31.1 Å². The van der Waals surface area contributed by atoms with Gasteiger partial charge in [-0.05, 0) is 37.6 Å². The zero-order valence-corrected chi connectivity index (χ0v) is 29.5. The summed E-state index contributed by atoms with van der Waals surface area (Å²) in [7, 11) is 0. The zero-order valence-electron chi connectivity index (χ0n) is 29.5. The van der Waals surface area contributed by atoms with Crippen LogP contribution in [0.1, 0.15) is 83.4 Å². The van der Waals surface area contributed by atoms with Gasteiger partial charge in [-0.15, -0.1) is 5.10 Å². The molecular weight excluding hydrogens is 668 g/mol. The molecule has 5 amide bonds. The van der Waals surface area contributed by atoms with Gasteiger partial charge in [0.1, 0.15) is 22.9 Å². The summed E-state index contributed by atoms with van der Waals surface area (Å²) in [6.45, 7) is 3.37. The number of anilines is 1. The number of benzene rings is 2. The first-order chi connectivity index (χ1) is 24.9. The number of likely N-dealkylation sites (tertiary alicyclic amines) is 1. The minimum absolute atomic E-state index is 0.0124. The number of aliphatic imine (C=N–C) groups is 1. The molecule has 2 saturated heterocycles. The molecule has 0 spiro atoms. The van der Waals surface area contributed by atoms with Gasteiger partial charge in [0.25, 0.3) is 11.8 Å². The normalized spacial score (nSPS) is 21.1. The average molecular weight is 715 g/mol. The van der Waals surface area contributed by atoms with E-state index in [0.717, 1.165) is 42.9 Å². The van der Waals surface area contributed by atoms with E-state index in [2.05, 4.69) is 25.9 Å². The van der Waals surface area contributed by atoms with Crippen LogP contribution < -0.4 is 16.4 Å². The lowest BCUT2D eigenvalue weighted by atomic mass is 9.84. The monoisotopic (exact) mass is 714 g/mol. The first kappa shape index (κ1) is 36.8. The molecule has 15 heteroatoms. The lowest BCUT2D eigenvalue weighted by Gasteiger charge is -2.37. The van der Waals surface area contributed by atoms with Crippen LogP contribution in [0.2, 0.25) is 0 Å². The first-order valence-corrected chi connectivity index (χ1v) is 17.9. The fourth-order valence-electron chi connectivity index (χ4n) is 7.71. The number of hydrogen-bond acceptors (Lipinski definition) is 9. The van der Waals surface area contributed by atoms with Crippen LogP contribution in [0.25, 0.3) is 10.8 Å². The van der Waals surface area contributed by atoms with Crippen LogP contribution in [0, 0.1) is 5.92 Å². The van der Waals surface area contributed by atoms with Gasteiger partial charge in [0, 0.05) is 44.4 Å². The van der Waals surface area contributed by atoms with Crippen LogP contribution >= 0.6 is 0 Å². The lowest BCUT2D eigenvalue weighted by molar-refractivity contribution is -0.146. The third kappa shape index (κ3) is 7.89. The quantitative estimate of drug-likeness (QED) is 0.179. The predicted molar refractivity (Wildman–Crippen MR) is 191 cm³/mol. The van der Waals surface area contributed by atoms with Crippen molar-refractivity contribution in [3.63, 3.8) is 0 Å². The molecule has 276 valence electrons. The second-order valence-corrected chi connectivity index (χ2v) is 14.6. The van der Waals surface area contributed by atoms with Crippen LogP contribution in [0.15, 0.2) is 53.7 Å². The van der Waals surface area contributed by atoms with Crippen LogP contribution in [0.5, 0.6) is 0 Å². The molecule has 1 saturated carbocycles. The Balaban J connectivity index is 1.35. The highest BCUT2D eigenvalue weighted by Crippen LogP contribution is 2.34. The van der Waals surface area contributed by atoms with Crippen LogP contribution in [0.4, 0.5) is 10.5 Å². The summed E-state index contributed by atoms with van der Waals surface area (Å²) < 4.78 is 6.92. The molecule has 15 nitrogen and oxygen atoms in total. The predicted octanol–water partition coefficient (Wildman–Crippen LogP) is 3.16. The standard InChI is InChI=1S/C37H46N8O7/c1-36(2,51)30-21-39-43-45(30)25-20-29(33(48)42-37(31(46)32(38)47)15-17-52-18-16-37)44(22-25)34(49)28(19-23-9-4-3-5-10-23)41-35(50)40-27-14-8-12-24-11-6-7-13-26(24)27/h6-8,11-14,21,23,25,29,51H,3-5,9-10,15-20,22H2,1-2H3,(H2,38,47)(H,40,50)(H,42,48)/t25-,29-/m0/s1. The molecule has 3 aliphatic rings. The van der Waals surface area contributed by atoms with E-state index >= 15 is 0 Å². The fourth-order valence-corrected chi connectivity index (χ4v) is 7.71.